The van der Waals surface area contributed by atoms with Gasteiger partial charge in [0.2, 0.25) is 5.16 Å². The summed E-state index contributed by atoms with van der Waals surface area (Å²) in [6.07, 6.45) is 6.20. The fourth-order valence-electron chi connectivity index (χ4n) is 2.88. The fraction of sp³-hybridized carbons (Fsp3) is 0.500. The Hall–Kier alpha value is -1.21. The van der Waals surface area contributed by atoms with Gasteiger partial charge < -0.3 is 10.6 Å². The zero-order valence-corrected chi connectivity index (χ0v) is 15.4. The Morgan fingerprint density at radius 1 is 1.26 bits per heavy atom. The maximum Gasteiger partial charge on any atom is 0.209 e. The van der Waals surface area contributed by atoms with Gasteiger partial charge in [0, 0.05) is 16.1 Å². The molecule has 1 aliphatic rings. The quantitative estimate of drug-likeness (QED) is 0.454. The van der Waals surface area contributed by atoms with Crippen LogP contribution in [-0.2, 0) is 0 Å². The molecular weight excluding hydrogens is 376 g/mol. The third-order valence-corrected chi connectivity index (χ3v) is 5.44. The molecule has 0 amide bonds. The first-order valence-corrected chi connectivity index (χ1v) is 9.73. The highest BCUT2D eigenvalue weighted by molar-refractivity contribution is 9.10. The van der Waals surface area contributed by atoms with Crippen molar-refractivity contribution >= 4 is 27.7 Å². The van der Waals surface area contributed by atoms with Crippen molar-refractivity contribution in [2.75, 3.05) is 18.2 Å². The van der Waals surface area contributed by atoms with Gasteiger partial charge in [0.05, 0.1) is 6.61 Å². The number of aromatic nitrogens is 3. The second-order valence-corrected chi connectivity index (χ2v) is 7.68. The molecule has 1 aliphatic carbocycles. The molecule has 3 rings (SSSR count). The summed E-state index contributed by atoms with van der Waals surface area (Å²) in [5.41, 5.74) is 0. The molecule has 0 aliphatic heterocycles. The van der Waals surface area contributed by atoms with E-state index in [1.165, 1.54) is 32.1 Å². The lowest BCUT2D eigenvalue weighted by Crippen LogP contribution is -2.18. The number of thioether (sulfide) groups is 1. The SMILES string of the molecule is Nn1c(SCCOc2cccc(Br)c2)nnc1C1CCCCC1. The maximum absolute atomic E-state index is 6.17. The number of halogens is 1. The Bertz CT molecular complexity index is 643. The van der Waals surface area contributed by atoms with E-state index in [1.54, 1.807) is 16.4 Å². The summed E-state index contributed by atoms with van der Waals surface area (Å²) in [4.78, 5) is 0. The normalized spacial score (nSPS) is 15.7. The molecule has 0 saturated heterocycles. The molecule has 1 aromatic heterocycles. The highest BCUT2D eigenvalue weighted by Crippen LogP contribution is 2.32. The number of nitrogens with zero attached hydrogens (tertiary/aromatic N) is 3. The zero-order valence-electron chi connectivity index (χ0n) is 12.9. The summed E-state index contributed by atoms with van der Waals surface area (Å²) < 4.78 is 8.40. The van der Waals surface area contributed by atoms with E-state index in [9.17, 15) is 0 Å². The number of nitrogens with two attached hydrogens (primary N) is 1. The van der Waals surface area contributed by atoms with Gasteiger partial charge in [-0.2, -0.15) is 0 Å². The van der Waals surface area contributed by atoms with Crippen LogP contribution in [0.3, 0.4) is 0 Å². The van der Waals surface area contributed by atoms with Crippen molar-refractivity contribution < 1.29 is 4.74 Å². The largest absolute Gasteiger partial charge is 0.493 e. The van der Waals surface area contributed by atoms with Gasteiger partial charge in [-0.25, -0.2) is 4.68 Å². The van der Waals surface area contributed by atoms with Crippen molar-refractivity contribution in [2.24, 2.45) is 0 Å². The molecule has 1 aromatic carbocycles. The second kappa shape index (κ2) is 8.06. The molecule has 0 atom stereocenters. The summed E-state index contributed by atoms with van der Waals surface area (Å²) >= 11 is 5.02. The van der Waals surface area contributed by atoms with Gasteiger partial charge in [-0.05, 0) is 31.0 Å². The first-order chi connectivity index (χ1) is 11.2. The predicted octanol–water partition coefficient (Wildman–Crippen LogP) is 3.97. The third kappa shape index (κ3) is 4.41. The summed E-state index contributed by atoms with van der Waals surface area (Å²) in [6.45, 7) is 0.604. The van der Waals surface area contributed by atoms with Gasteiger partial charge in [-0.1, -0.05) is 53.0 Å². The standard InChI is InChI=1S/C16H21BrN4OS/c17-13-7-4-8-14(11-13)22-9-10-23-16-20-19-15(21(16)18)12-5-2-1-3-6-12/h4,7-8,11-12H,1-3,5-6,9-10,18H2. The topological polar surface area (TPSA) is 66.0 Å². The Kier molecular flexibility index (Phi) is 5.83. The monoisotopic (exact) mass is 396 g/mol. The predicted molar refractivity (Wildman–Crippen MR) is 96.4 cm³/mol. The van der Waals surface area contributed by atoms with Crippen molar-refractivity contribution in [3.05, 3.63) is 34.6 Å². The van der Waals surface area contributed by atoms with E-state index in [0.29, 0.717) is 12.5 Å². The average Bonchev–Trinajstić information content (AvgIpc) is 2.93. The molecule has 0 unspecified atom stereocenters. The minimum atomic E-state index is 0.466. The molecule has 0 radical (unpaired) electrons. The van der Waals surface area contributed by atoms with Gasteiger partial charge in [-0.15, -0.1) is 10.2 Å². The van der Waals surface area contributed by atoms with Crippen LogP contribution in [0.4, 0.5) is 0 Å². The number of nitrogen functional groups attached to an aromatic ring is 1. The van der Waals surface area contributed by atoms with Crippen molar-refractivity contribution in [3.8, 4) is 5.75 Å². The number of benzene rings is 1. The molecule has 0 spiro atoms. The highest BCUT2D eigenvalue weighted by atomic mass is 79.9. The van der Waals surface area contributed by atoms with Crippen LogP contribution >= 0.6 is 27.7 Å². The maximum atomic E-state index is 6.17. The van der Waals surface area contributed by atoms with Crippen LogP contribution in [0.5, 0.6) is 5.75 Å². The molecule has 23 heavy (non-hydrogen) atoms. The zero-order chi connectivity index (χ0) is 16.1. The van der Waals surface area contributed by atoms with Crippen molar-refractivity contribution in [1.29, 1.82) is 0 Å². The van der Waals surface area contributed by atoms with E-state index in [-0.39, 0.29) is 0 Å². The summed E-state index contributed by atoms with van der Waals surface area (Å²) in [7, 11) is 0. The molecule has 1 saturated carbocycles. The van der Waals surface area contributed by atoms with Gasteiger partial charge in [0.15, 0.2) is 5.82 Å². The molecule has 2 N–H and O–H groups in total. The van der Waals surface area contributed by atoms with Gasteiger partial charge in [-0.3, -0.25) is 0 Å². The second-order valence-electron chi connectivity index (χ2n) is 5.70. The Labute approximate surface area is 149 Å². The molecule has 0 bridgehead atoms. The smallest absolute Gasteiger partial charge is 0.209 e. The van der Waals surface area contributed by atoms with Gasteiger partial charge >= 0.3 is 0 Å². The van der Waals surface area contributed by atoms with E-state index in [2.05, 4.69) is 26.1 Å². The lowest BCUT2D eigenvalue weighted by Gasteiger charge is -2.20. The molecule has 124 valence electrons. The summed E-state index contributed by atoms with van der Waals surface area (Å²) in [5, 5.41) is 9.31. The van der Waals surface area contributed by atoms with E-state index in [1.807, 2.05) is 24.3 Å². The minimum absolute atomic E-state index is 0.466. The minimum Gasteiger partial charge on any atom is -0.493 e. The van der Waals surface area contributed by atoms with E-state index in [0.717, 1.165) is 27.0 Å². The van der Waals surface area contributed by atoms with E-state index >= 15 is 0 Å². The van der Waals surface area contributed by atoms with E-state index in [4.69, 9.17) is 10.6 Å². The van der Waals surface area contributed by atoms with Gasteiger partial charge in [0.1, 0.15) is 5.75 Å². The lowest BCUT2D eigenvalue weighted by atomic mass is 9.89. The average molecular weight is 397 g/mol. The first kappa shape index (κ1) is 16.6. The number of ether oxygens (including phenoxy) is 1. The van der Waals surface area contributed by atoms with Crippen molar-refractivity contribution in [1.82, 2.24) is 14.9 Å². The van der Waals surface area contributed by atoms with Crippen LogP contribution in [-0.4, -0.2) is 27.2 Å². The van der Waals surface area contributed by atoms with Crippen LogP contribution in [0.15, 0.2) is 33.9 Å². The third-order valence-electron chi connectivity index (χ3n) is 4.04. The number of hydrogen-bond acceptors (Lipinski definition) is 5. The number of hydrogen-bond donors (Lipinski definition) is 1. The van der Waals surface area contributed by atoms with E-state index < -0.39 is 0 Å². The van der Waals surface area contributed by atoms with Gasteiger partial charge in [0.25, 0.3) is 0 Å². The molecule has 5 nitrogen and oxygen atoms in total. The van der Waals surface area contributed by atoms with Crippen LogP contribution in [0.2, 0.25) is 0 Å². The Morgan fingerprint density at radius 3 is 2.87 bits per heavy atom. The number of rotatable bonds is 6. The molecule has 2 aromatic rings. The molecule has 1 fully saturated rings. The Balaban J connectivity index is 1.49. The fourth-order valence-corrected chi connectivity index (χ4v) is 3.93. The molecule has 1 heterocycles. The molecular formula is C16H21BrN4OS. The highest BCUT2D eigenvalue weighted by Gasteiger charge is 2.22. The lowest BCUT2D eigenvalue weighted by molar-refractivity contribution is 0.343. The van der Waals surface area contributed by atoms with Crippen LogP contribution < -0.4 is 10.6 Å². The van der Waals surface area contributed by atoms with Crippen LogP contribution in [0.1, 0.15) is 43.8 Å². The van der Waals surface area contributed by atoms with Crippen molar-refractivity contribution in [2.45, 2.75) is 43.2 Å². The first-order valence-electron chi connectivity index (χ1n) is 7.95. The van der Waals surface area contributed by atoms with Crippen LogP contribution in [0.25, 0.3) is 0 Å². The summed E-state index contributed by atoms with van der Waals surface area (Å²) in [6, 6.07) is 7.84. The Morgan fingerprint density at radius 2 is 2.09 bits per heavy atom. The van der Waals surface area contributed by atoms with Crippen molar-refractivity contribution in [3.63, 3.8) is 0 Å². The van der Waals surface area contributed by atoms with Crippen LogP contribution in [0, 0.1) is 0 Å². The summed E-state index contributed by atoms with van der Waals surface area (Å²) in [5.74, 6) is 9.21. The molecule has 7 heteroatoms.